The van der Waals surface area contributed by atoms with E-state index >= 15 is 0 Å². The van der Waals surface area contributed by atoms with Crippen molar-refractivity contribution in [2.45, 2.75) is 13.3 Å². The van der Waals surface area contributed by atoms with Crippen molar-refractivity contribution in [1.29, 1.82) is 0 Å². The van der Waals surface area contributed by atoms with Gasteiger partial charge < -0.3 is 10.8 Å². The van der Waals surface area contributed by atoms with Crippen LogP contribution in [0.15, 0.2) is 23.7 Å². The molecule has 0 aliphatic carbocycles. The maximum Gasteiger partial charge on any atom is 0.348 e. The fraction of sp³-hybridized carbons (Fsp3) is 0.167. The van der Waals surface area contributed by atoms with E-state index in [1.54, 1.807) is 6.07 Å². The zero-order chi connectivity index (χ0) is 12.4. The summed E-state index contributed by atoms with van der Waals surface area (Å²) in [5.74, 6) is -0.969. The normalized spacial score (nSPS) is 10.4. The van der Waals surface area contributed by atoms with Crippen LogP contribution < -0.4 is 5.73 Å². The van der Waals surface area contributed by atoms with Gasteiger partial charge in [0, 0.05) is 11.3 Å². The molecule has 0 atom stereocenters. The Morgan fingerprint density at radius 1 is 1.53 bits per heavy atom. The molecule has 0 saturated heterocycles. The van der Waals surface area contributed by atoms with Gasteiger partial charge in [-0.15, -0.1) is 11.3 Å². The van der Waals surface area contributed by atoms with Gasteiger partial charge in [0.2, 0.25) is 0 Å². The number of benzene rings is 1. The molecule has 88 valence electrons. The van der Waals surface area contributed by atoms with Gasteiger partial charge in [-0.1, -0.05) is 25.1 Å². The Labute approximate surface area is 103 Å². The van der Waals surface area contributed by atoms with Crippen LogP contribution in [0.3, 0.4) is 0 Å². The Morgan fingerprint density at radius 3 is 2.94 bits per heavy atom. The van der Waals surface area contributed by atoms with Crippen molar-refractivity contribution in [3.05, 3.63) is 34.2 Å². The number of aryl methyl sites for hydroxylation is 1. The van der Waals surface area contributed by atoms with Crippen LogP contribution in [0.4, 0.5) is 5.69 Å². The summed E-state index contributed by atoms with van der Waals surface area (Å²) < 4.78 is 0. The van der Waals surface area contributed by atoms with Crippen molar-refractivity contribution >= 4 is 23.0 Å². The summed E-state index contributed by atoms with van der Waals surface area (Å²) in [7, 11) is 0. The smallest absolute Gasteiger partial charge is 0.348 e. The van der Waals surface area contributed by atoms with Crippen LogP contribution in [0.1, 0.15) is 22.2 Å². The van der Waals surface area contributed by atoms with Crippen molar-refractivity contribution in [2.75, 3.05) is 5.73 Å². The van der Waals surface area contributed by atoms with Gasteiger partial charge in [-0.05, 0) is 12.0 Å². The first-order valence-corrected chi connectivity index (χ1v) is 6.07. The predicted octanol–water partition coefficient (Wildman–Crippen LogP) is 2.65. The summed E-state index contributed by atoms with van der Waals surface area (Å²) in [6, 6.07) is 5.61. The van der Waals surface area contributed by atoms with Crippen LogP contribution in [0.25, 0.3) is 11.3 Å². The Kier molecular flexibility index (Phi) is 3.10. The standard InChI is InChI=1S/C12H12N2O2S/c1-2-7-4-3-5-8(9(7)13)10-11(12(15)16)17-6-14-10/h3-6H,2,13H2,1H3,(H,15,16). The minimum Gasteiger partial charge on any atom is -0.477 e. The largest absolute Gasteiger partial charge is 0.477 e. The minimum absolute atomic E-state index is 0.227. The van der Waals surface area contributed by atoms with E-state index in [0.29, 0.717) is 16.9 Å². The molecular weight excluding hydrogens is 236 g/mol. The Balaban J connectivity index is 2.61. The van der Waals surface area contributed by atoms with E-state index in [1.165, 1.54) is 5.51 Å². The number of hydrogen-bond donors (Lipinski definition) is 2. The van der Waals surface area contributed by atoms with E-state index in [4.69, 9.17) is 10.8 Å². The molecule has 4 nitrogen and oxygen atoms in total. The monoisotopic (exact) mass is 248 g/mol. The molecule has 0 radical (unpaired) electrons. The van der Waals surface area contributed by atoms with Crippen molar-refractivity contribution < 1.29 is 9.90 Å². The third-order valence-corrected chi connectivity index (χ3v) is 3.41. The first-order valence-electron chi connectivity index (χ1n) is 5.19. The summed E-state index contributed by atoms with van der Waals surface area (Å²) in [5.41, 5.74) is 10.3. The fourth-order valence-electron chi connectivity index (χ4n) is 1.72. The molecule has 0 unspecified atom stereocenters. The highest BCUT2D eigenvalue weighted by Crippen LogP contribution is 2.32. The second kappa shape index (κ2) is 4.55. The van der Waals surface area contributed by atoms with Gasteiger partial charge in [0.25, 0.3) is 0 Å². The Morgan fingerprint density at radius 2 is 2.29 bits per heavy atom. The molecule has 0 spiro atoms. The van der Waals surface area contributed by atoms with Crippen LogP contribution >= 0.6 is 11.3 Å². The summed E-state index contributed by atoms with van der Waals surface area (Å²) in [5, 5.41) is 9.06. The van der Waals surface area contributed by atoms with Crippen LogP contribution in [0.5, 0.6) is 0 Å². The topological polar surface area (TPSA) is 76.2 Å². The molecule has 3 N–H and O–H groups in total. The number of aromatic carboxylic acids is 1. The highest BCUT2D eigenvalue weighted by molar-refractivity contribution is 7.12. The summed E-state index contributed by atoms with van der Waals surface area (Å²) in [6.07, 6.45) is 0.812. The number of carbonyl (C=O) groups is 1. The van der Waals surface area contributed by atoms with Gasteiger partial charge in [0.05, 0.1) is 11.2 Å². The number of nitrogens with two attached hydrogens (primary N) is 1. The predicted molar refractivity (Wildman–Crippen MR) is 68.3 cm³/mol. The van der Waals surface area contributed by atoms with E-state index < -0.39 is 5.97 Å². The Hall–Kier alpha value is -1.88. The number of nitrogens with zero attached hydrogens (tertiary/aromatic N) is 1. The molecule has 0 bridgehead atoms. The Bertz CT molecular complexity index is 563. The number of rotatable bonds is 3. The molecular formula is C12H12N2O2S. The molecule has 1 aromatic carbocycles. The molecule has 0 saturated carbocycles. The number of para-hydroxylation sites is 1. The fourth-order valence-corrected chi connectivity index (χ4v) is 2.36. The number of carboxylic acid groups (broad SMARTS) is 1. The van der Waals surface area contributed by atoms with E-state index in [0.717, 1.165) is 23.3 Å². The maximum atomic E-state index is 11.1. The first kappa shape index (κ1) is 11.6. The molecule has 0 fully saturated rings. The zero-order valence-corrected chi connectivity index (χ0v) is 10.1. The number of thiazole rings is 1. The van der Waals surface area contributed by atoms with E-state index in [9.17, 15) is 4.79 Å². The van der Waals surface area contributed by atoms with Gasteiger partial charge in [-0.2, -0.15) is 0 Å². The van der Waals surface area contributed by atoms with Gasteiger partial charge >= 0.3 is 5.97 Å². The van der Waals surface area contributed by atoms with Crippen molar-refractivity contribution in [1.82, 2.24) is 4.98 Å². The lowest BCUT2D eigenvalue weighted by molar-refractivity contribution is 0.0702. The third kappa shape index (κ3) is 2.01. The number of hydrogen-bond acceptors (Lipinski definition) is 4. The lowest BCUT2D eigenvalue weighted by atomic mass is 10.0. The second-order valence-corrected chi connectivity index (χ2v) is 4.42. The molecule has 0 amide bonds. The minimum atomic E-state index is -0.969. The average molecular weight is 248 g/mol. The van der Waals surface area contributed by atoms with Crippen LogP contribution in [-0.2, 0) is 6.42 Å². The van der Waals surface area contributed by atoms with E-state index in [1.807, 2.05) is 19.1 Å². The number of nitrogen functional groups attached to an aromatic ring is 1. The number of anilines is 1. The van der Waals surface area contributed by atoms with Crippen LogP contribution in [0.2, 0.25) is 0 Å². The number of carboxylic acids is 1. The van der Waals surface area contributed by atoms with Crippen LogP contribution in [0, 0.1) is 0 Å². The molecule has 0 aliphatic heterocycles. The summed E-state index contributed by atoms with van der Waals surface area (Å²) >= 11 is 1.11. The van der Waals surface area contributed by atoms with E-state index in [-0.39, 0.29) is 4.88 Å². The van der Waals surface area contributed by atoms with Crippen molar-refractivity contribution in [3.63, 3.8) is 0 Å². The quantitative estimate of drug-likeness (QED) is 0.819. The molecule has 17 heavy (non-hydrogen) atoms. The van der Waals surface area contributed by atoms with Gasteiger partial charge in [-0.25, -0.2) is 9.78 Å². The van der Waals surface area contributed by atoms with Crippen molar-refractivity contribution in [3.8, 4) is 11.3 Å². The van der Waals surface area contributed by atoms with Crippen molar-refractivity contribution in [2.24, 2.45) is 0 Å². The highest BCUT2D eigenvalue weighted by atomic mass is 32.1. The third-order valence-electron chi connectivity index (χ3n) is 2.59. The maximum absolute atomic E-state index is 11.1. The second-order valence-electron chi connectivity index (χ2n) is 3.57. The summed E-state index contributed by atoms with van der Waals surface area (Å²) in [4.78, 5) is 15.4. The molecule has 2 rings (SSSR count). The highest BCUT2D eigenvalue weighted by Gasteiger charge is 2.17. The molecule has 1 heterocycles. The van der Waals surface area contributed by atoms with Gasteiger partial charge in [0.15, 0.2) is 0 Å². The lowest BCUT2D eigenvalue weighted by Crippen LogP contribution is -2.00. The number of aromatic nitrogens is 1. The molecule has 0 aliphatic rings. The van der Waals surface area contributed by atoms with Gasteiger partial charge in [0.1, 0.15) is 4.88 Å². The van der Waals surface area contributed by atoms with Crippen LogP contribution in [-0.4, -0.2) is 16.1 Å². The van der Waals surface area contributed by atoms with E-state index in [2.05, 4.69) is 4.98 Å². The zero-order valence-electron chi connectivity index (χ0n) is 9.30. The molecule has 1 aromatic heterocycles. The lowest BCUT2D eigenvalue weighted by Gasteiger charge is -2.08. The molecule has 2 aromatic rings. The van der Waals surface area contributed by atoms with Gasteiger partial charge in [-0.3, -0.25) is 0 Å². The summed E-state index contributed by atoms with van der Waals surface area (Å²) in [6.45, 7) is 2.01. The molecule has 5 heteroatoms. The average Bonchev–Trinajstić information content (AvgIpc) is 2.78. The SMILES string of the molecule is CCc1cccc(-c2ncsc2C(=O)O)c1N. The first-order chi connectivity index (χ1) is 8.15.